The molecule has 3 aromatic carbocycles. The predicted molar refractivity (Wildman–Crippen MR) is 111 cm³/mol. The maximum Gasteiger partial charge on any atom is 0.354 e. The van der Waals surface area contributed by atoms with Crippen LogP contribution in [0.25, 0.3) is 0 Å². The maximum atomic E-state index is 12.8. The number of benzene rings is 3. The molecule has 1 aliphatic heterocycles. The van der Waals surface area contributed by atoms with E-state index in [-0.39, 0.29) is 18.2 Å². The standard InChI is InChI=1S/C24H22N2O2/c1-2-28-24(27)21-22(18-12-6-3-7-13-18)26(20-16-10-5-11-17-20)23(25-21)19-14-8-4-9-15-19/h3-17,22-23H,2H2,1H3/t22-,23-/m1/s1. The molecule has 0 N–H and O–H groups in total. The van der Waals surface area contributed by atoms with Crippen LogP contribution >= 0.6 is 0 Å². The number of rotatable bonds is 5. The first-order valence-electron chi connectivity index (χ1n) is 9.47. The number of nitrogens with zero attached hydrogens (tertiary/aromatic N) is 2. The molecule has 0 radical (unpaired) electrons. The fourth-order valence-electron chi connectivity index (χ4n) is 3.61. The van der Waals surface area contributed by atoms with E-state index < -0.39 is 0 Å². The summed E-state index contributed by atoms with van der Waals surface area (Å²) in [4.78, 5) is 19.9. The van der Waals surface area contributed by atoms with Crippen LogP contribution < -0.4 is 4.90 Å². The Hall–Kier alpha value is -3.40. The largest absolute Gasteiger partial charge is 0.461 e. The second-order valence-corrected chi connectivity index (χ2v) is 6.58. The fraction of sp³-hybridized carbons (Fsp3) is 0.167. The molecule has 4 heteroatoms. The number of anilines is 1. The minimum Gasteiger partial charge on any atom is -0.461 e. The number of hydrogen-bond acceptors (Lipinski definition) is 4. The van der Waals surface area contributed by atoms with Crippen LogP contribution in [0.1, 0.15) is 30.3 Å². The summed E-state index contributed by atoms with van der Waals surface area (Å²) in [6.07, 6.45) is -0.298. The van der Waals surface area contributed by atoms with E-state index in [2.05, 4.69) is 17.0 Å². The van der Waals surface area contributed by atoms with Gasteiger partial charge >= 0.3 is 5.97 Å². The van der Waals surface area contributed by atoms with E-state index in [1.54, 1.807) is 0 Å². The van der Waals surface area contributed by atoms with E-state index in [0.717, 1.165) is 16.8 Å². The van der Waals surface area contributed by atoms with Gasteiger partial charge in [0.15, 0.2) is 0 Å². The molecule has 0 bridgehead atoms. The van der Waals surface area contributed by atoms with Gasteiger partial charge in [0.1, 0.15) is 17.9 Å². The van der Waals surface area contributed by atoms with Crippen molar-refractivity contribution in [2.45, 2.75) is 19.1 Å². The van der Waals surface area contributed by atoms with Gasteiger partial charge in [-0.05, 0) is 30.2 Å². The number of carbonyl (C=O) groups is 1. The van der Waals surface area contributed by atoms with E-state index in [1.165, 1.54) is 0 Å². The van der Waals surface area contributed by atoms with Crippen LogP contribution in [0.15, 0.2) is 96.0 Å². The lowest BCUT2D eigenvalue weighted by molar-refractivity contribution is -0.135. The van der Waals surface area contributed by atoms with E-state index >= 15 is 0 Å². The van der Waals surface area contributed by atoms with Gasteiger partial charge in [-0.15, -0.1) is 0 Å². The summed E-state index contributed by atoms with van der Waals surface area (Å²) < 4.78 is 5.35. The van der Waals surface area contributed by atoms with E-state index in [4.69, 9.17) is 9.73 Å². The molecule has 0 aliphatic carbocycles. The van der Waals surface area contributed by atoms with Gasteiger partial charge in [0.2, 0.25) is 0 Å². The van der Waals surface area contributed by atoms with Crippen LogP contribution in [0, 0.1) is 0 Å². The highest BCUT2D eigenvalue weighted by molar-refractivity contribution is 6.40. The van der Waals surface area contributed by atoms with Crippen molar-refractivity contribution in [3.8, 4) is 0 Å². The maximum absolute atomic E-state index is 12.8. The molecule has 1 aliphatic rings. The van der Waals surface area contributed by atoms with Gasteiger partial charge in [0.25, 0.3) is 0 Å². The number of hydrogen-bond donors (Lipinski definition) is 0. The molecule has 2 atom stereocenters. The lowest BCUT2D eigenvalue weighted by Crippen LogP contribution is -2.33. The average Bonchev–Trinajstić information content (AvgIpc) is 3.16. The van der Waals surface area contributed by atoms with Crippen LogP contribution in [0.4, 0.5) is 5.69 Å². The first-order chi connectivity index (χ1) is 13.8. The molecule has 0 amide bonds. The highest BCUT2D eigenvalue weighted by atomic mass is 16.5. The molecule has 140 valence electrons. The van der Waals surface area contributed by atoms with E-state index in [9.17, 15) is 4.79 Å². The third-order valence-electron chi connectivity index (χ3n) is 4.81. The highest BCUT2D eigenvalue weighted by Gasteiger charge is 2.41. The molecule has 0 saturated heterocycles. The topological polar surface area (TPSA) is 41.9 Å². The number of carbonyl (C=O) groups excluding carboxylic acids is 1. The first kappa shape index (κ1) is 18.0. The summed E-state index contributed by atoms with van der Waals surface area (Å²) >= 11 is 0. The van der Waals surface area contributed by atoms with Crippen molar-refractivity contribution in [2.24, 2.45) is 4.99 Å². The Balaban J connectivity index is 1.88. The molecular weight excluding hydrogens is 348 g/mol. The molecule has 1 heterocycles. The van der Waals surface area contributed by atoms with Crippen molar-refractivity contribution in [1.82, 2.24) is 0 Å². The third-order valence-corrected chi connectivity index (χ3v) is 4.81. The van der Waals surface area contributed by atoms with Crippen LogP contribution in [-0.2, 0) is 9.53 Å². The lowest BCUT2D eigenvalue weighted by Gasteiger charge is -2.32. The number of ether oxygens (including phenoxy) is 1. The van der Waals surface area contributed by atoms with Crippen molar-refractivity contribution < 1.29 is 9.53 Å². The minimum absolute atomic E-state index is 0.298. The van der Waals surface area contributed by atoms with Gasteiger partial charge in [0.05, 0.1) is 6.61 Å². The third kappa shape index (κ3) is 3.41. The molecule has 4 rings (SSSR count). The summed E-state index contributed by atoms with van der Waals surface area (Å²) in [5.41, 5.74) is 3.49. The van der Waals surface area contributed by atoms with Crippen molar-refractivity contribution >= 4 is 17.4 Å². The molecule has 0 fully saturated rings. The molecule has 28 heavy (non-hydrogen) atoms. The molecule has 0 unspecified atom stereocenters. The molecule has 0 saturated carbocycles. The zero-order chi connectivity index (χ0) is 19.3. The van der Waals surface area contributed by atoms with Crippen molar-refractivity contribution in [3.63, 3.8) is 0 Å². The van der Waals surface area contributed by atoms with Crippen LogP contribution in [0.2, 0.25) is 0 Å². The first-order valence-corrected chi connectivity index (χ1v) is 9.47. The molecule has 0 aromatic heterocycles. The van der Waals surface area contributed by atoms with Crippen molar-refractivity contribution in [1.29, 1.82) is 0 Å². The zero-order valence-corrected chi connectivity index (χ0v) is 15.7. The summed E-state index contributed by atoms with van der Waals surface area (Å²) in [7, 11) is 0. The van der Waals surface area contributed by atoms with Gasteiger partial charge in [-0.2, -0.15) is 0 Å². The Morgan fingerprint density at radius 2 is 1.39 bits per heavy atom. The fourth-order valence-corrected chi connectivity index (χ4v) is 3.61. The Labute approximate surface area is 165 Å². The number of esters is 1. The van der Waals surface area contributed by atoms with Gasteiger partial charge in [-0.25, -0.2) is 9.79 Å². The summed E-state index contributed by atoms with van der Waals surface area (Å²) in [5.74, 6) is -0.365. The summed E-state index contributed by atoms with van der Waals surface area (Å²) in [6, 6.07) is 29.8. The average molecular weight is 370 g/mol. The van der Waals surface area contributed by atoms with Crippen molar-refractivity contribution in [3.05, 3.63) is 102 Å². The van der Waals surface area contributed by atoms with Gasteiger partial charge in [-0.1, -0.05) is 78.9 Å². The highest BCUT2D eigenvalue weighted by Crippen LogP contribution is 2.42. The summed E-state index contributed by atoms with van der Waals surface area (Å²) in [5, 5.41) is 0. The quantitative estimate of drug-likeness (QED) is 0.597. The van der Waals surface area contributed by atoms with Gasteiger partial charge in [-0.3, -0.25) is 0 Å². The normalized spacial score (nSPS) is 18.6. The van der Waals surface area contributed by atoms with Gasteiger partial charge in [0, 0.05) is 5.69 Å². The molecular formula is C24H22N2O2. The van der Waals surface area contributed by atoms with Crippen LogP contribution in [-0.4, -0.2) is 18.3 Å². The van der Waals surface area contributed by atoms with Gasteiger partial charge < -0.3 is 9.64 Å². The summed E-state index contributed by atoms with van der Waals surface area (Å²) in [6.45, 7) is 2.13. The van der Waals surface area contributed by atoms with Crippen LogP contribution in [0.5, 0.6) is 0 Å². The number of para-hydroxylation sites is 1. The second kappa shape index (κ2) is 8.09. The Bertz CT molecular complexity index is 956. The van der Waals surface area contributed by atoms with E-state index in [0.29, 0.717) is 12.3 Å². The Morgan fingerprint density at radius 1 is 0.857 bits per heavy atom. The smallest absolute Gasteiger partial charge is 0.354 e. The predicted octanol–water partition coefficient (Wildman–Crippen LogP) is 4.95. The number of aliphatic imine (C=N–C) groups is 1. The molecule has 0 spiro atoms. The lowest BCUT2D eigenvalue weighted by atomic mass is 10.00. The Morgan fingerprint density at radius 3 is 1.96 bits per heavy atom. The zero-order valence-electron chi connectivity index (χ0n) is 15.7. The van der Waals surface area contributed by atoms with Crippen molar-refractivity contribution in [2.75, 3.05) is 11.5 Å². The monoisotopic (exact) mass is 370 g/mol. The van der Waals surface area contributed by atoms with E-state index in [1.807, 2.05) is 85.8 Å². The van der Waals surface area contributed by atoms with Crippen LogP contribution in [0.3, 0.4) is 0 Å². The Kier molecular flexibility index (Phi) is 5.20. The molecule has 4 nitrogen and oxygen atoms in total. The second-order valence-electron chi connectivity index (χ2n) is 6.58. The SMILES string of the molecule is CCOC(=O)C1=N[C@@H](c2ccccc2)N(c2ccccc2)[C@@H]1c1ccccc1. The molecule has 3 aromatic rings. The minimum atomic E-state index is -0.365.